The van der Waals surface area contributed by atoms with Crippen LogP contribution in [0.15, 0.2) is 46.9 Å². The van der Waals surface area contributed by atoms with Crippen LogP contribution in [0.3, 0.4) is 0 Å². The molecule has 0 unspecified atom stereocenters. The van der Waals surface area contributed by atoms with Crippen LogP contribution in [0.25, 0.3) is 11.1 Å². The second kappa shape index (κ2) is 4.90. The van der Waals surface area contributed by atoms with Crippen LogP contribution in [-0.2, 0) is 6.54 Å². The minimum atomic E-state index is -0.333. The molecule has 3 aromatic rings. The van der Waals surface area contributed by atoms with Gasteiger partial charge in [0.25, 0.3) is 0 Å². The van der Waals surface area contributed by atoms with E-state index < -0.39 is 0 Å². The molecule has 0 spiro atoms. The van der Waals surface area contributed by atoms with Crippen LogP contribution in [-0.4, -0.2) is 4.98 Å². The number of hydrogen-bond donors (Lipinski definition) is 1. The zero-order valence-corrected chi connectivity index (χ0v) is 10.6. The maximum Gasteiger partial charge on any atom is 0.214 e. The molecular weight excluding hydrogens is 267 g/mol. The van der Waals surface area contributed by atoms with Crippen molar-refractivity contribution in [3.63, 3.8) is 0 Å². The maximum atomic E-state index is 13.0. The summed E-state index contributed by atoms with van der Waals surface area (Å²) < 4.78 is 18.5. The first-order valence-electron chi connectivity index (χ1n) is 5.75. The SMILES string of the molecule is Fc1ccc2nc(CNc3ccc(Cl)cc3)oc2c1. The van der Waals surface area contributed by atoms with Crippen LogP contribution in [0, 0.1) is 5.82 Å². The third kappa shape index (κ3) is 2.69. The quantitative estimate of drug-likeness (QED) is 0.778. The van der Waals surface area contributed by atoms with E-state index in [0.717, 1.165) is 5.69 Å². The number of nitrogens with zero attached hydrogens (tertiary/aromatic N) is 1. The first-order valence-corrected chi connectivity index (χ1v) is 6.13. The minimum Gasteiger partial charge on any atom is -0.439 e. The predicted molar refractivity (Wildman–Crippen MR) is 72.7 cm³/mol. The summed E-state index contributed by atoms with van der Waals surface area (Å²) in [5.74, 6) is 0.177. The normalized spacial score (nSPS) is 10.8. The van der Waals surface area contributed by atoms with E-state index in [2.05, 4.69) is 10.3 Å². The number of oxazole rings is 1. The van der Waals surface area contributed by atoms with Gasteiger partial charge in [-0.25, -0.2) is 9.37 Å². The van der Waals surface area contributed by atoms with Crippen LogP contribution in [0.5, 0.6) is 0 Å². The molecule has 0 radical (unpaired) electrons. The van der Waals surface area contributed by atoms with Crippen LogP contribution >= 0.6 is 11.6 Å². The van der Waals surface area contributed by atoms with E-state index in [1.54, 1.807) is 18.2 Å². The van der Waals surface area contributed by atoms with Gasteiger partial charge < -0.3 is 9.73 Å². The number of anilines is 1. The van der Waals surface area contributed by atoms with Crippen molar-refractivity contribution in [1.82, 2.24) is 4.98 Å². The van der Waals surface area contributed by atoms with Gasteiger partial charge in [0, 0.05) is 16.8 Å². The Morgan fingerprint density at radius 2 is 1.95 bits per heavy atom. The predicted octanol–water partition coefficient (Wildman–Crippen LogP) is 4.23. The van der Waals surface area contributed by atoms with Gasteiger partial charge in [-0.05, 0) is 36.4 Å². The van der Waals surface area contributed by atoms with E-state index in [9.17, 15) is 4.39 Å². The standard InChI is InChI=1S/C14H10ClFN2O/c15-9-1-4-11(5-2-9)17-8-14-18-12-6-3-10(16)7-13(12)19-14/h1-7,17H,8H2. The summed E-state index contributed by atoms with van der Waals surface area (Å²) in [6.07, 6.45) is 0. The van der Waals surface area contributed by atoms with Gasteiger partial charge in [0.05, 0.1) is 6.54 Å². The number of hydrogen-bond acceptors (Lipinski definition) is 3. The number of rotatable bonds is 3. The van der Waals surface area contributed by atoms with Crippen molar-refractivity contribution < 1.29 is 8.81 Å². The number of fused-ring (bicyclic) bond motifs is 1. The van der Waals surface area contributed by atoms with E-state index >= 15 is 0 Å². The molecule has 0 fully saturated rings. The van der Waals surface area contributed by atoms with E-state index in [4.69, 9.17) is 16.0 Å². The van der Waals surface area contributed by atoms with E-state index in [1.165, 1.54) is 12.1 Å². The largest absolute Gasteiger partial charge is 0.439 e. The lowest BCUT2D eigenvalue weighted by Gasteiger charge is -2.02. The fourth-order valence-electron chi connectivity index (χ4n) is 1.77. The first-order chi connectivity index (χ1) is 9.20. The van der Waals surface area contributed by atoms with Gasteiger partial charge >= 0.3 is 0 Å². The lowest BCUT2D eigenvalue weighted by Crippen LogP contribution is -1.98. The molecule has 0 amide bonds. The van der Waals surface area contributed by atoms with Crippen molar-refractivity contribution in [1.29, 1.82) is 0 Å². The molecule has 0 aliphatic rings. The third-order valence-corrected chi connectivity index (χ3v) is 2.93. The Labute approximate surface area is 114 Å². The molecule has 3 nitrogen and oxygen atoms in total. The highest BCUT2D eigenvalue weighted by Gasteiger charge is 2.06. The maximum absolute atomic E-state index is 13.0. The highest BCUT2D eigenvalue weighted by Crippen LogP contribution is 2.18. The summed E-state index contributed by atoms with van der Waals surface area (Å²) in [4.78, 5) is 4.26. The molecule has 5 heteroatoms. The zero-order valence-electron chi connectivity index (χ0n) is 9.86. The Balaban J connectivity index is 1.76. The average Bonchev–Trinajstić information content (AvgIpc) is 2.80. The summed E-state index contributed by atoms with van der Waals surface area (Å²) >= 11 is 5.80. The van der Waals surface area contributed by atoms with Crippen molar-refractivity contribution in [2.45, 2.75) is 6.54 Å². The highest BCUT2D eigenvalue weighted by atomic mass is 35.5. The summed E-state index contributed by atoms with van der Waals surface area (Å²) in [6.45, 7) is 0.429. The van der Waals surface area contributed by atoms with Crippen LogP contribution in [0.2, 0.25) is 5.02 Å². The lowest BCUT2D eigenvalue weighted by molar-refractivity contribution is 0.537. The number of nitrogens with one attached hydrogen (secondary N) is 1. The fraction of sp³-hybridized carbons (Fsp3) is 0.0714. The molecule has 1 N–H and O–H groups in total. The van der Waals surface area contributed by atoms with Crippen LogP contribution in [0.1, 0.15) is 5.89 Å². The van der Waals surface area contributed by atoms with Crippen LogP contribution in [0.4, 0.5) is 10.1 Å². The first kappa shape index (κ1) is 12.0. The molecule has 0 aliphatic carbocycles. The molecule has 0 bridgehead atoms. The Bertz CT molecular complexity index is 709. The zero-order chi connectivity index (χ0) is 13.2. The summed E-state index contributed by atoms with van der Waals surface area (Å²) in [7, 11) is 0. The number of aromatic nitrogens is 1. The minimum absolute atomic E-state index is 0.333. The van der Waals surface area contributed by atoms with E-state index in [0.29, 0.717) is 28.6 Å². The smallest absolute Gasteiger partial charge is 0.214 e. The van der Waals surface area contributed by atoms with Gasteiger partial charge in [-0.3, -0.25) is 0 Å². The Kier molecular flexibility index (Phi) is 3.09. The highest BCUT2D eigenvalue weighted by molar-refractivity contribution is 6.30. The van der Waals surface area contributed by atoms with Gasteiger partial charge in [0.15, 0.2) is 5.58 Å². The third-order valence-electron chi connectivity index (χ3n) is 2.68. The second-order valence-corrected chi connectivity index (χ2v) is 4.52. The lowest BCUT2D eigenvalue weighted by atomic mass is 10.3. The number of halogens is 2. The Hall–Kier alpha value is -2.07. The summed E-state index contributed by atoms with van der Waals surface area (Å²) in [6, 6.07) is 11.6. The molecule has 96 valence electrons. The van der Waals surface area contributed by atoms with E-state index in [1.807, 2.05) is 12.1 Å². The molecule has 0 saturated carbocycles. The monoisotopic (exact) mass is 276 g/mol. The van der Waals surface area contributed by atoms with E-state index in [-0.39, 0.29) is 5.82 Å². The number of benzene rings is 2. The van der Waals surface area contributed by atoms with Gasteiger partial charge in [-0.2, -0.15) is 0 Å². The molecular formula is C14H10ClFN2O. The molecule has 3 rings (SSSR count). The van der Waals surface area contributed by atoms with Gasteiger partial charge in [0.1, 0.15) is 11.3 Å². The fourth-order valence-corrected chi connectivity index (χ4v) is 1.89. The van der Waals surface area contributed by atoms with Crippen LogP contribution < -0.4 is 5.32 Å². The average molecular weight is 277 g/mol. The molecule has 1 heterocycles. The molecule has 0 saturated heterocycles. The molecule has 0 atom stereocenters. The summed E-state index contributed by atoms with van der Waals surface area (Å²) in [5.41, 5.74) is 2.01. The van der Waals surface area contributed by atoms with Crippen molar-refractivity contribution in [3.8, 4) is 0 Å². The Morgan fingerprint density at radius 3 is 2.74 bits per heavy atom. The van der Waals surface area contributed by atoms with Crippen molar-refractivity contribution in [3.05, 3.63) is 59.2 Å². The summed E-state index contributed by atoms with van der Waals surface area (Å²) in [5, 5.41) is 3.84. The molecule has 1 aromatic heterocycles. The van der Waals surface area contributed by atoms with Gasteiger partial charge in [-0.15, -0.1) is 0 Å². The van der Waals surface area contributed by atoms with Crippen molar-refractivity contribution in [2.24, 2.45) is 0 Å². The topological polar surface area (TPSA) is 38.1 Å². The van der Waals surface area contributed by atoms with Gasteiger partial charge in [0.2, 0.25) is 5.89 Å². The van der Waals surface area contributed by atoms with Gasteiger partial charge in [-0.1, -0.05) is 11.6 Å². The molecule has 19 heavy (non-hydrogen) atoms. The molecule has 0 aliphatic heterocycles. The molecule has 2 aromatic carbocycles. The van der Waals surface area contributed by atoms with Crippen molar-refractivity contribution in [2.75, 3.05) is 5.32 Å². The Morgan fingerprint density at radius 1 is 1.16 bits per heavy atom. The van der Waals surface area contributed by atoms with Crippen molar-refractivity contribution >= 4 is 28.4 Å². The second-order valence-electron chi connectivity index (χ2n) is 4.08.